The van der Waals surface area contributed by atoms with Gasteiger partial charge in [0.25, 0.3) is 5.91 Å². The van der Waals surface area contributed by atoms with E-state index in [1.807, 2.05) is 84.9 Å². The van der Waals surface area contributed by atoms with Gasteiger partial charge in [-0.25, -0.2) is 4.39 Å². The zero-order chi connectivity index (χ0) is 28.1. The lowest BCUT2D eigenvalue weighted by Gasteiger charge is -2.31. The number of likely N-dealkylation sites (tertiary alicyclic amines) is 1. The molecule has 4 atom stereocenters. The van der Waals surface area contributed by atoms with Crippen molar-refractivity contribution in [1.29, 1.82) is 0 Å². The zero-order valence-corrected chi connectivity index (χ0v) is 22.2. The minimum Gasteiger partial charge on any atom is -0.306 e. The molecule has 4 aromatic rings. The molecule has 0 radical (unpaired) electrons. The fraction of sp³-hybridized carbons (Fsp3) is 0.206. The summed E-state index contributed by atoms with van der Waals surface area (Å²) in [6.45, 7) is 0.380. The van der Waals surface area contributed by atoms with Crippen molar-refractivity contribution in [3.63, 3.8) is 0 Å². The van der Waals surface area contributed by atoms with Crippen LogP contribution in [0.5, 0.6) is 0 Å². The quantitative estimate of drug-likeness (QED) is 0.360. The number of nitrogens with zero attached hydrogens (tertiary/aromatic N) is 2. The largest absolute Gasteiger partial charge is 0.306 e. The van der Waals surface area contributed by atoms with Crippen molar-refractivity contribution in [1.82, 2.24) is 10.2 Å². The summed E-state index contributed by atoms with van der Waals surface area (Å²) in [5.74, 6) is -2.80. The molecular formula is C34H28FN3O3. The average Bonchev–Trinajstić information content (AvgIpc) is 3.55. The summed E-state index contributed by atoms with van der Waals surface area (Å²) in [6, 6.07) is 32.4. The summed E-state index contributed by atoms with van der Waals surface area (Å²) in [5.41, 5.74) is 2.63. The van der Waals surface area contributed by atoms with E-state index in [-0.39, 0.29) is 36.6 Å². The van der Waals surface area contributed by atoms with E-state index in [1.165, 1.54) is 17.0 Å². The third kappa shape index (κ3) is 3.99. The summed E-state index contributed by atoms with van der Waals surface area (Å²) < 4.78 is 13.6. The summed E-state index contributed by atoms with van der Waals surface area (Å²) in [4.78, 5) is 46.0. The van der Waals surface area contributed by atoms with Crippen molar-refractivity contribution in [3.05, 3.63) is 137 Å². The Kier molecular flexibility index (Phi) is 6.05. The van der Waals surface area contributed by atoms with Crippen LogP contribution in [0.25, 0.3) is 0 Å². The lowest BCUT2D eigenvalue weighted by atomic mass is 9.76. The Hall–Kier alpha value is -4.62. The summed E-state index contributed by atoms with van der Waals surface area (Å²) in [7, 11) is 0. The zero-order valence-electron chi connectivity index (χ0n) is 22.2. The van der Waals surface area contributed by atoms with Crippen LogP contribution in [0, 0.1) is 17.7 Å². The average molecular weight is 546 g/mol. The van der Waals surface area contributed by atoms with Gasteiger partial charge in [-0.2, -0.15) is 0 Å². The Morgan fingerprint density at radius 2 is 1.24 bits per heavy atom. The van der Waals surface area contributed by atoms with E-state index >= 15 is 0 Å². The molecule has 2 fully saturated rings. The van der Waals surface area contributed by atoms with Crippen LogP contribution in [-0.2, 0) is 39.4 Å². The van der Waals surface area contributed by atoms with Crippen LogP contribution in [-0.4, -0.2) is 28.7 Å². The molecule has 1 spiro atoms. The summed E-state index contributed by atoms with van der Waals surface area (Å²) in [5, 5.41) is 3.57. The monoisotopic (exact) mass is 545 g/mol. The second-order valence-corrected chi connectivity index (χ2v) is 11.0. The molecule has 7 heteroatoms. The van der Waals surface area contributed by atoms with Gasteiger partial charge in [0.2, 0.25) is 11.8 Å². The van der Waals surface area contributed by atoms with E-state index < -0.39 is 23.4 Å². The number of halogens is 1. The Morgan fingerprint density at radius 1 is 0.659 bits per heavy atom. The molecule has 0 unspecified atom stereocenters. The van der Waals surface area contributed by atoms with Crippen molar-refractivity contribution < 1.29 is 18.8 Å². The molecule has 3 amide bonds. The van der Waals surface area contributed by atoms with Gasteiger partial charge in [0.15, 0.2) is 0 Å². The molecule has 4 aromatic carbocycles. The Labute approximate surface area is 237 Å². The molecule has 3 heterocycles. The molecule has 3 aliphatic rings. The van der Waals surface area contributed by atoms with Gasteiger partial charge in [0, 0.05) is 17.3 Å². The Balaban J connectivity index is 1.33. The van der Waals surface area contributed by atoms with Crippen molar-refractivity contribution in [2.75, 3.05) is 4.90 Å². The maximum Gasteiger partial charge on any atom is 0.253 e. The molecule has 0 aliphatic carbocycles. The maximum absolute atomic E-state index is 14.6. The van der Waals surface area contributed by atoms with Gasteiger partial charge in [-0.15, -0.1) is 0 Å². The van der Waals surface area contributed by atoms with Crippen LogP contribution in [0.1, 0.15) is 22.3 Å². The van der Waals surface area contributed by atoms with Gasteiger partial charge in [-0.3, -0.25) is 24.6 Å². The minimum absolute atomic E-state index is 0.161. The van der Waals surface area contributed by atoms with Crippen LogP contribution in [0.2, 0.25) is 0 Å². The van der Waals surface area contributed by atoms with Gasteiger partial charge in [0.1, 0.15) is 11.4 Å². The first-order valence-corrected chi connectivity index (χ1v) is 13.8. The number of fused-ring (bicyclic) bond motifs is 4. The third-order valence-electron chi connectivity index (χ3n) is 8.69. The number of imide groups is 1. The molecular weight excluding hydrogens is 517 g/mol. The number of hydrogen-bond acceptors (Lipinski definition) is 4. The Bertz CT molecular complexity index is 1640. The number of hydrogen-bond donors (Lipinski definition) is 1. The highest BCUT2D eigenvalue weighted by Crippen LogP contribution is 2.55. The first kappa shape index (κ1) is 25.4. The second-order valence-electron chi connectivity index (χ2n) is 11.0. The van der Waals surface area contributed by atoms with E-state index in [0.29, 0.717) is 17.7 Å². The number of rotatable bonds is 6. The number of anilines is 1. The van der Waals surface area contributed by atoms with Crippen molar-refractivity contribution in [2.24, 2.45) is 11.8 Å². The lowest BCUT2D eigenvalue weighted by molar-refractivity contribution is -0.143. The molecule has 3 aliphatic heterocycles. The van der Waals surface area contributed by atoms with Crippen LogP contribution < -0.4 is 10.2 Å². The highest BCUT2D eigenvalue weighted by molar-refractivity contribution is 6.16. The normalized spacial score (nSPS) is 24.8. The minimum atomic E-state index is -1.39. The van der Waals surface area contributed by atoms with Gasteiger partial charge in [0.05, 0.1) is 24.9 Å². The van der Waals surface area contributed by atoms with Crippen LogP contribution in [0.3, 0.4) is 0 Å². The molecule has 0 aromatic heterocycles. The van der Waals surface area contributed by atoms with Gasteiger partial charge >= 0.3 is 0 Å². The third-order valence-corrected chi connectivity index (χ3v) is 8.69. The van der Waals surface area contributed by atoms with Gasteiger partial charge in [-0.1, -0.05) is 91.0 Å². The van der Waals surface area contributed by atoms with E-state index in [2.05, 4.69) is 5.32 Å². The lowest BCUT2D eigenvalue weighted by Crippen LogP contribution is -2.55. The van der Waals surface area contributed by atoms with Crippen LogP contribution >= 0.6 is 0 Å². The fourth-order valence-electron chi connectivity index (χ4n) is 6.90. The number of para-hydroxylation sites is 1. The standard InChI is InChI=1S/C34H28FN3O3/c35-25-17-15-24(16-18-25)20-37-28-14-8-7-13-26(28)34(33(37)41)30-29(27(36-34)19-22-9-3-1-4-10-22)31(39)38(32(30)40)21-23-11-5-2-6-12-23/h1-18,27,29-30,36H,19-21H2/t27-,29+,30-,34-/m0/s1. The molecule has 41 heavy (non-hydrogen) atoms. The van der Waals surface area contributed by atoms with Crippen molar-refractivity contribution in [2.45, 2.75) is 31.1 Å². The molecule has 7 rings (SSSR count). The molecule has 204 valence electrons. The molecule has 0 bridgehead atoms. The number of benzene rings is 4. The predicted molar refractivity (Wildman–Crippen MR) is 152 cm³/mol. The Morgan fingerprint density at radius 3 is 1.95 bits per heavy atom. The molecule has 0 saturated carbocycles. The highest BCUT2D eigenvalue weighted by Gasteiger charge is 2.71. The number of nitrogens with one attached hydrogen (secondary N) is 1. The summed E-state index contributed by atoms with van der Waals surface area (Å²) in [6.07, 6.45) is 0.495. The maximum atomic E-state index is 14.6. The molecule has 1 N–H and O–H groups in total. The van der Waals surface area contributed by atoms with E-state index in [1.54, 1.807) is 17.0 Å². The smallest absolute Gasteiger partial charge is 0.253 e. The predicted octanol–water partition coefficient (Wildman–Crippen LogP) is 4.58. The van der Waals surface area contributed by atoms with Crippen molar-refractivity contribution in [3.8, 4) is 0 Å². The molecule has 2 saturated heterocycles. The first-order chi connectivity index (χ1) is 20.0. The van der Waals surface area contributed by atoms with E-state index in [4.69, 9.17) is 0 Å². The van der Waals surface area contributed by atoms with Gasteiger partial charge < -0.3 is 4.90 Å². The van der Waals surface area contributed by atoms with E-state index in [9.17, 15) is 18.8 Å². The summed E-state index contributed by atoms with van der Waals surface area (Å²) >= 11 is 0. The van der Waals surface area contributed by atoms with E-state index in [0.717, 1.165) is 16.7 Å². The number of carbonyl (C=O) groups is 3. The van der Waals surface area contributed by atoms with Gasteiger partial charge in [-0.05, 0) is 41.3 Å². The topological polar surface area (TPSA) is 69.7 Å². The number of amides is 3. The second kappa shape index (κ2) is 9.78. The highest BCUT2D eigenvalue weighted by atomic mass is 19.1. The first-order valence-electron chi connectivity index (χ1n) is 13.8. The number of carbonyl (C=O) groups excluding carboxylic acids is 3. The SMILES string of the molecule is O=C1[C@@H]2[C@H](Cc3ccccc3)N[C@]3(C(=O)N(Cc4ccc(F)cc4)c4ccccc43)[C@@H]2C(=O)N1Cc1ccccc1. The molecule has 6 nitrogen and oxygen atoms in total. The van der Waals surface area contributed by atoms with Crippen molar-refractivity contribution >= 4 is 23.4 Å². The fourth-order valence-corrected chi connectivity index (χ4v) is 6.90. The van der Waals surface area contributed by atoms with Crippen LogP contribution in [0.15, 0.2) is 109 Å². The van der Waals surface area contributed by atoms with Crippen LogP contribution in [0.4, 0.5) is 10.1 Å².